The lowest BCUT2D eigenvalue weighted by Gasteiger charge is -2.14. The van der Waals surface area contributed by atoms with E-state index in [-0.39, 0.29) is 11.6 Å². The third-order valence-electron chi connectivity index (χ3n) is 3.20. The van der Waals surface area contributed by atoms with Crippen LogP contribution in [0.5, 0.6) is 11.5 Å². The minimum atomic E-state index is -0.0594. The predicted octanol–water partition coefficient (Wildman–Crippen LogP) is 1.96. The third-order valence-corrected chi connectivity index (χ3v) is 3.20. The van der Waals surface area contributed by atoms with Crippen LogP contribution >= 0.6 is 0 Å². The van der Waals surface area contributed by atoms with Crippen LogP contribution in [0.3, 0.4) is 0 Å². The molecule has 112 valence electrons. The Morgan fingerprint density at radius 1 is 1.24 bits per heavy atom. The van der Waals surface area contributed by atoms with Gasteiger partial charge in [-0.05, 0) is 30.7 Å². The first-order chi connectivity index (χ1) is 10.1. The quantitative estimate of drug-likeness (QED) is 0.882. The van der Waals surface area contributed by atoms with Crippen LogP contribution in [0.1, 0.15) is 18.5 Å². The fraction of sp³-hybridized carbons (Fsp3) is 0.312. The lowest BCUT2D eigenvalue weighted by Crippen LogP contribution is -2.21. The van der Waals surface area contributed by atoms with Crippen molar-refractivity contribution in [2.24, 2.45) is 5.73 Å². The van der Waals surface area contributed by atoms with E-state index in [4.69, 9.17) is 15.2 Å². The van der Waals surface area contributed by atoms with E-state index in [0.29, 0.717) is 24.7 Å². The molecule has 1 aromatic heterocycles. The van der Waals surface area contributed by atoms with Gasteiger partial charge in [-0.3, -0.25) is 4.79 Å². The van der Waals surface area contributed by atoms with Crippen molar-refractivity contribution in [1.29, 1.82) is 0 Å². The summed E-state index contributed by atoms with van der Waals surface area (Å²) in [5.41, 5.74) is 6.79. The van der Waals surface area contributed by atoms with Crippen LogP contribution in [0.15, 0.2) is 47.4 Å². The highest BCUT2D eigenvalue weighted by Crippen LogP contribution is 2.29. The summed E-state index contributed by atoms with van der Waals surface area (Å²) in [6.07, 6.45) is 1.74. The van der Waals surface area contributed by atoms with Crippen molar-refractivity contribution in [3.8, 4) is 11.5 Å². The monoisotopic (exact) mass is 288 g/mol. The molecule has 0 aliphatic heterocycles. The van der Waals surface area contributed by atoms with Crippen molar-refractivity contribution in [1.82, 2.24) is 4.57 Å². The van der Waals surface area contributed by atoms with Gasteiger partial charge in [0, 0.05) is 18.3 Å². The molecule has 0 aliphatic carbocycles. The summed E-state index contributed by atoms with van der Waals surface area (Å²) in [6, 6.07) is 10.6. The van der Waals surface area contributed by atoms with E-state index in [9.17, 15) is 4.79 Å². The fourth-order valence-corrected chi connectivity index (χ4v) is 1.99. The number of rotatable bonds is 6. The van der Waals surface area contributed by atoms with E-state index in [0.717, 1.165) is 5.56 Å². The number of hydrogen-bond acceptors (Lipinski definition) is 4. The van der Waals surface area contributed by atoms with Gasteiger partial charge >= 0.3 is 0 Å². The Bertz CT molecular complexity index is 650. The molecule has 5 nitrogen and oxygen atoms in total. The second-order valence-corrected chi connectivity index (χ2v) is 4.78. The number of pyridine rings is 1. The van der Waals surface area contributed by atoms with E-state index in [2.05, 4.69) is 0 Å². The number of benzene rings is 1. The first-order valence-electron chi connectivity index (χ1n) is 6.83. The maximum atomic E-state index is 11.6. The summed E-state index contributed by atoms with van der Waals surface area (Å²) >= 11 is 0. The van der Waals surface area contributed by atoms with E-state index in [1.165, 1.54) is 6.07 Å². The second-order valence-electron chi connectivity index (χ2n) is 4.78. The van der Waals surface area contributed by atoms with Crippen molar-refractivity contribution >= 4 is 0 Å². The third kappa shape index (κ3) is 3.86. The summed E-state index contributed by atoms with van der Waals surface area (Å²) in [4.78, 5) is 11.6. The predicted molar refractivity (Wildman–Crippen MR) is 81.8 cm³/mol. The Kier molecular flexibility index (Phi) is 5.00. The zero-order valence-corrected chi connectivity index (χ0v) is 12.3. The topological polar surface area (TPSA) is 66.5 Å². The fourth-order valence-electron chi connectivity index (χ4n) is 1.99. The summed E-state index contributed by atoms with van der Waals surface area (Å²) < 4.78 is 12.6. The molecule has 1 aromatic carbocycles. The van der Waals surface area contributed by atoms with Crippen LogP contribution in [-0.4, -0.2) is 18.3 Å². The Labute approximate surface area is 123 Å². The Hall–Kier alpha value is -2.27. The summed E-state index contributed by atoms with van der Waals surface area (Å²) in [5, 5.41) is 0. The minimum Gasteiger partial charge on any atom is -0.493 e. The van der Waals surface area contributed by atoms with Crippen LogP contribution in [0.4, 0.5) is 0 Å². The number of hydrogen-bond donors (Lipinski definition) is 1. The number of nitrogens with zero attached hydrogens (tertiary/aromatic N) is 1. The molecule has 0 amide bonds. The van der Waals surface area contributed by atoms with Gasteiger partial charge < -0.3 is 19.8 Å². The molecule has 0 unspecified atom stereocenters. The van der Waals surface area contributed by atoms with Crippen molar-refractivity contribution < 1.29 is 9.47 Å². The van der Waals surface area contributed by atoms with E-state index < -0.39 is 0 Å². The SMILES string of the molecule is COc1cc([C@H](C)N)ccc1OCCn1ccccc1=O. The highest BCUT2D eigenvalue weighted by molar-refractivity contribution is 5.43. The average Bonchev–Trinajstić information content (AvgIpc) is 2.49. The number of methoxy groups -OCH3 is 1. The Morgan fingerprint density at radius 3 is 2.71 bits per heavy atom. The molecule has 0 aliphatic rings. The highest BCUT2D eigenvalue weighted by Gasteiger charge is 2.08. The van der Waals surface area contributed by atoms with Crippen LogP contribution in [0, 0.1) is 0 Å². The Morgan fingerprint density at radius 2 is 2.05 bits per heavy atom. The first-order valence-corrected chi connectivity index (χ1v) is 6.83. The van der Waals surface area contributed by atoms with Crippen molar-refractivity contribution in [3.05, 3.63) is 58.5 Å². The van der Waals surface area contributed by atoms with Crippen molar-refractivity contribution in [3.63, 3.8) is 0 Å². The normalized spacial score (nSPS) is 12.0. The minimum absolute atomic E-state index is 0.0413. The van der Waals surface area contributed by atoms with Gasteiger partial charge in [-0.1, -0.05) is 12.1 Å². The zero-order chi connectivity index (χ0) is 15.2. The molecular weight excluding hydrogens is 268 g/mol. The second kappa shape index (κ2) is 6.95. The molecule has 0 saturated heterocycles. The largest absolute Gasteiger partial charge is 0.493 e. The number of nitrogens with two attached hydrogens (primary N) is 1. The van der Waals surface area contributed by atoms with Gasteiger partial charge in [0.15, 0.2) is 11.5 Å². The molecule has 5 heteroatoms. The van der Waals surface area contributed by atoms with Crippen molar-refractivity contribution in [2.75, 3.05) is 13.7 Å². The van der Waals surface area contributed by atoms with Crippen molar-refractivity contribution in [2.45, 2.75) is 19.5 Å². The van der Waals surface area contributed by atoms with Gasteiger partial charge in [-0.2, -0.15) is 0 Å². The van der Waals surface area contributed by atoms with Crippen LogP contribution < -0.4 is 20.8 Å². The molecule has 2 aromatic rings. The smallest absolute Gasteiger partial charge is 0.250 e. The molecule has 0 saturated carbocycles. The molecule has 2 N–H and O–H groups in total. The lowest BCUT2D eigenvalue weighted by molar-refractivity contribution is 0.278. The van der Waals surface area contributed by atoms with Gasteiger partial charge in [0.1, 0.15) is 6.61 Å². The molecular formula is C16H20N2O3. The number of aromatic nitrogens is 1. The first kappa shape index (κ1) is 15.1. The van der Waals surface area contributed by atoms with E-state index in [1.54, 1.807) is 23.9 Å². The summed E-state index contributed by atoms with van der Waals surface area (Å²) in [5.74, 6) is 1.29. The van der Waals surface area contributed by atoms with E-state index in [1.807, 2.05) is 31.2 Å². The Balaban J connectivity index is 2.03. The zero-order valence-electron chi connectivity index (χ0n) is 12.3. The number of ether oxygens (including phenoxy) is 2. The molecule has 0 radical (unpaired) electrons. The molecule has 1 atom stereocenters. The summed E-state index contributed by atoms with van der Waals surface area (Å²) in [7, 11) is 1.59. The van der Waals surface area contributed by atoms with Crippen LogP contribution in [-0.2, 0) is 6.54 Å². The van der Waals surface area contributed by atoms with Gasteiger partial charge in [-0.15, -0.1) is 0 Å². The van der Waals surface area contributed by atoms with Gasteiger partial charge in [0.2, 0.25) is 0 Å². The maximum Gasteiger partial charge on any atom is 0.250 e. The maximum absolute atomic E-state index is 11.6. The van der Waals surface area contributed by atoms with Gasteiger partial charge in [-0.25, -0.2) is 0 Å². The summed E-state index contributed by atoms with van der Waals surface area (Å²) in [6.45, 7) is 2.78. The molecule has 0 fully saturated rings. The standard InChI is InChI=1S/C16H20N2O3/c1-12(17)13-6-7-14(15(11-13)20-2)21-10-9-18-8-4-3-5-16(18)19/h3-8,11-12H,9-10,17H2,1-2H3/t12-/m0/s1. The molecule has 2 rings (SSSR count). The van der Waals surface area contributed by atoms with Crippen LogP contribution in [0.2, 0.25) is 0 Å². The molecule has 0 spiro atoms. The van der Waals surface area contributed by atoms with Gasteiger partial charge in [0.05, 0.1) is 13.7 Å². The molecule has 0 bridgehead atoms. The average molecular weight is 288 g/mol. The van der Waals surface area contributed by atoms with E-state index >= 15 is 0 Å². The van der Waals surface area contributed by atoms with Gasteiger partial charge in [0.25, 0.3) is 5.56 Å². The lowest BCUT2D eigenvalue weighted by atomic mass is 10.1. The molecule has 1 heterocycles. The highest BCUT2D eigenvalue weighted by atomic mass is 16.5. The molecule has 21 heavy (non-hydrogen) atoms. The van der Waals surface area contributed by atoms with Crippen LogP contribution in [0.25, 0.3) is 0 Å².